The molecule has 1 saturated heterocycles. The van der Waals surface area contributed by atoms with Crippen LogP contribution in [0.3, 0.4) is 0 Å². The molecule has 1 N–H and O–H groups in total. The van der Waals surface area contributed by atoms with Gasteiger partial charge >= 0.3 is 0 Å². The Balaban J connectivity index is 1.49. The van der Waals surface area contributed by atoms with E-state index in [0.717, 1.165) is 18.7 Å². The molecule has 1 heterocycles. The van der Waals surface area contributed by atoms with Gasteiger partial charge in [-0.15, -0.1) is 0 Å². The van der Waals surface area contributed by atoms with Gasteiger partial charge < -0.3 is 4.74 Å². The van der Waals surface area contributed by atoms with E-state index in [1.807, 2.05) is 48.5 Å². The van der Waals surface area contributed by atoms with Crippen molar-refractivity contribution >= 4 is 16.1 Å². The topological polar surface area (TPSA) is 58.6 Å². The van der Waals surface area contributed by atoms with Gasteiger partial charge in [0.05, 0.1) is 12.7 Å². The Hall–Kier alpha value is -1.99. The van der Waals surface area contributed by atoms with Crippen LogP contribution in [0.4, 0.5) is 0 Å². The van der Waals surface area contributed by atoms with Crippen LogP contribution in [-0.4, -0.2) is 45.7 Å². The SMILES string of the molecule is O=S(=O)(/C=C/c1ccccc1)NCC1CN(Cc2ccccc2)CCO1. The van der Waals surface area contributed by atoms with Crippen LogP contribution in [0.1, 0.15) is 11.1 Å². The predicted octanol–water partition coefficient (Wildman–Crippen LogP) is 2.48. The van der Waals surface area contributed by atoms with Crippen molar-refractivity contribution in [1.29, 1.82) is 0 Å². The van der Waals surface area contributed by atoms with Crippen molar-refractivity contribution in [2.75, 3.05) is 26.2 Å². The molecule has 5 nitrogen and oxygen atoms in total. The molecule has 0 spiro atoms. The average molecular weight is 372 g/mol. The van der Waals surface area contributed by atoms with Gasteiger partial charge in [0.2, 0.25) is 10.0 Å². The van der Waals surface area contributed by atoms with Crippen LogP contribution in [-0.2, 0) is 21.3 Å². The first kappa shape index (κ1) is 18.8. The average Bonchev–Trinajstić information content (AvgIpc) is 2.67. The number of hydrogen-bond acceptors (Lipinski definition) is 4. The zero-order valence-electron chi connectivity index (χ0n) is 14.6. The molecular weight excluding hydrogens is 348 g/mol. The van der Waals surface area contributed by atoms with Crippen molar-refractivity contribution < 1.29 is 13.2 Å². The fraction of sp³-hybridized carbons (Fsp3) is 0.300. The summed E-state index contributed by atoms with van der Waals surface area (Å²) in [6, 6.07) is 19.6. The monoisotopic (exact) mass is 372 g/mol. The highest BCUT2D eigenvalue weighted by Gasteiger charge is 2.21. The molecule has 1 aliphatic heterocycles. The van der Waals surface area contributed by atoms with E-state index in [0.29, 0.717) is 13.2 Å². The normalized spacial score (nSPS) is 19.0. The third kappa shape index (κ3) is 6.07. The molecule has 0 bridgehead atoms. The number of rotatable bonds is 7. The summed E-state index contributed by atoms with van der Waals surface area (Å²) in [6.07, 6.45) is 1.44. The second-order valence-corrected chi connectivity index (χ2v) is 7.97. The number of sulfonamides is 1. The Morgan fingerprint density at radius 2 is 1.77 bits per heavy atom. The lowest BCUT2D eigenvalue weighted by Crippen LogP contribution is -2.46. The van der Waals surface area contributed by atoms with Crippen molar-refractivity contribution in [1.82, 2.24) is 9.62 Å². The summed E-state index contributed by atoms with van der Waals surface area (Å²) in [5.74, 6) is 0. The Morgan fingerprint density at radius 3 is 2.50 bits per heavy atom. The van der Waals surface area contributed by atoms with Crippen LogP contribution in [0, 0.1) is 0 Å². The summed E-state index contributed by atoms with van der Waals surface area (Å²) in [4.78, 5) is 2.29. The first-order valence-electron chi connectivity index (χ1n) is 8.71. The summed E-state index contributed by atoms with van der Waals surface area (Å²) < 4.78 is 32.6. The maximum absolute atomic E-state index is 12.2. The molecule has 0 aromatic heterocycles. The maximum Gasteiger partial charge on any atom is 0.233 e. The Labute approximate surface area is 155 Å². The van der Waals surface area contributed by atoms with Gasteiger partial charge in [0.15, 0.2) is 0 Å². The van der Waals surface area contributed by atoms with Crippen LogP contribution in [0.2, 0.25) is 0 Å². The third-order valence-corrected chi connectivity index (χ3v) is 5.29. The van der Waals surface area contributed by atoms with Gasteiger partial charge in [0, 0.05) is 31.6 Å². The highest BCUT2D eigenvalue weighted by molar-refractivity contribution is 7.92. The molecule has 2 aromatic carbocycles. The van der Waals surface area contributed by atoms with Crippen LogP contribution in [0.15, 0.2) is 66.1 Å². The van der Waals surface area contributed by atoms with Crippen LogP contribution >= 0.6 is 0 Å². The second kappa shape index (κ2) is 9.09. The molecule has 1 atom stereocenters. The predicted molar refractivity (Wildman–Crippen MR) is 104 cm³/mol. The maximum atomic E-state index is 12.2. The van der Waals surface area contributed by atoms with Gasteiger partial charge in [-0.2, -0.15) is 0 Å². The molecule has 138 valence electrons. The minimum atomic E-state index is -3.48. The molecular formula is C20H24N2O3S. The molecule has 0 aliphatic carbocycles. The van der Waals surface area contributed by atoms with Gasteiger partial charge in [-0.05, 0) is 17.2 Å². The van der Waals surface area contributed by atoms with E-state index in [1.54, 1.807) is 6.08 Å². The highest BCUT2D eigenvalue weighted by Crippen LogP contribution is 2.10. The summed E-state index contributed by atoms with van der Waals surface area (Å²) in [7, 11) is -3.48. The van der Waals surface area contributed by atoms with E-state index in [2.05, 4.69) is 21.8 Å². The molecule has 26 heavy (non-hydrogen) atoms. The summed E-state index contributed by atoms with van der Waals surface area (Å²) in [6.45, 7) is 3.29. The van der Waals surface area contributed by atoms with Crippen molar-refractivity contribution in [3.05, 3.63) is 77.2 Å². The quantitative estimate of drug-likeness (QED) is 0.811. The van der Waals surface area contributed by atoms with Gasteiger partial charge in [0.1, 0.15) is 0 Å². The number of benzene rings is 2. The Kier molecular flexibility index (Phi) is 6.57. The summed E-state index contributed by atoms with van der Waals surface area (Å²) >= 11 is 0. The first-order valence-corrected chi connectivity index (χ1v) is 10.3. The van der Waals surface area contributed by atoms with Crippen molar-refractivity contribution in [3.63, 3.8) is 0 Å². The Bertz CT molecular complexity index is 807. The van der Waals surface area contributed by atoms with Crippen LogP contribution < -0.4 is 4.72 Å². The van der Waals surface area contributed by atoms with Crippen molar-refractivity contribution in [2.45, 2.75) is 12.6 Å². The molecule has 1 fully saturated rings. The van der Waals surface area contributed by atoms with Crippen LogP contribution in [0.25, 0.3) is 6.08 Å². The number of ether oxygens (including phenoxy) is 1. The summed E-state index contributed by atoms with van der Waals surface area (Å²) in [5.41, 5.74) is 2.10. The molecule has 6 heteroatoms. The van der Waals surface area contributed by atoms with E-state index >= 15 is 0 Å². The Morgan fingerprint density at radius 1 is 1.08 bits per heavy atom. The van der Waals surface area contributed by atoms with Gasteiger partial charge in [-0.25, -0.2) is 13.1 Å². The van der Waals surface area contributed by atoms with E-state index in [4.69, 9.17) is 4.74 Å². The van der Waals surface area contributed by atoms with E-state index in [9.17, 15) is 8.42 Å². The number of hydrogen-bond donors (Lipinski definition) is 1. The van der Waals surface area contributed by atoms with Gasteiger partial charge in [-0.1, -0.05) is 60.7 Å². The molecule has 0 amide bonds. The number of nitrogens with zero attached hydrogens (tertiary/aromatic N) is 1. The smallest absolute Gasteiger partial charge is 0.233 e. The lowest BCUT2D eigenvalue weighted by molar-refractivity contribution is -0.0276. The zero-order chi connectivity index (χ0) is 18.2. The third-order valence-electron chi connectivity index (χ3n) is 4.22. The fourth-order valence-electron chi connectivity index (χ4n) is 2.88. The molecule has 0 saturated carbocycles. The van der Waals surface area contributed by atoms with E-state index in [1.165, 1.54) is 11.0 Å². The van der Waals surface area contributed by atoms with Crippen molar-refractivity contribution in [2.24, 2.45) is 0 Å². The standard InChI is InChI=1S/C20H24N2O3S/c23-26(24,14-11-18-7-3-1-4-8-18)21-15-20-17-22(12-13-25-20)16-19-9-5-2-6-10-19/h1-11,14,20-21H,12-13,15-17H2/b14-11+. The first-order chi connectivity index (χ1) is 12.6. The van der Waals surface area contributed by atoms with Gasteiger partial charge in [-0.3, -0.25) is 4.90 Å². The van der Waals surface area contributed by atoms with Crippen molar-refractivity contribution in [3.8, 4) is 0 Å². The minimum absolute atomic E-state index is 0.146. The second-order valence-electron chi connectivity index (χ2n) is 6.32. The van der Waals surface area contributed by atoms with E-state index < -0.39 is 10.0 Å². The largest absolute Gasteiger partial charge is 0.374 e. The molecule has 3 rings (SSSR count). The van der Waals surface area contributed by atoms with E-state index in [-0.39, 0.29) is 12.6 Å². The van der Waals surface area contributed by atoms with Crippen LogP contribution in [0.5, 0.6) is 0 Å². The lowest BCUT2D eigenvalue weighted by Gasteiger charge is -2.32. The number of nitrogens with one attached hydrogen (secondary N) is 1. The minimum Gasteiger partial charge on any atom is -0.374 e. The lowest BCUT2D eigenvalue weighted by atomic mass is 10.2. The molecule has 0 radical (unpaired) electrons. The molecule has 1 unspecified atom stereocenters. The highest BCUT2D eigenvalue weighted by atomic mass is 32.2. The molecule has 1 aliphatic rings. The fourth-order valence-corrected chi connectivity index (χ4v) is 3.73. The van der Waals surface area contributed by atoms with Gasteiger partial charge in [0.25, 0.3) is 0 Å². The zero-order valence-corrected chi connectivity index (χ0v) is 15.4. The summed E-state index contributed by atoms with van der Waals surface area (Å²) in [5, 5.41) is 1.20. The molecule has 2 aromatic rings. The number of morpholine rings is 1.